The molecule has 0 heterocycles. The second kappa shape index (κ2) is 8.93. The number of hydrogen-bond donors (Lipinski definition) is 2. The number of nitrogens with one attached hydrogen (secondary N) is 2. The Kier molecular flexibility index (Phi) is 6.63. The number of ether oxygens (including phenoxy) is 1. The molecule has 2 aromatic carbocycles. The van der Waals surface area contributed by atoms with E-state index >= 15 is 0 Å². The van der Waals surface area contributed by atoms with Crippen molar-refractivity contribution >= 4 is 29.1 Å². The van der Waals surface area contributed by atoms with Gasteiger partial charge in [0.25, 0.3) is 0 Å². The molecule has 126 valence electrons. The highest BCUT2D eigenvalue weighted by atomic mass is 35.5. The van der Waals surface area contributed by atoms with Gasteiger partial charge in [-0.15, -0.1) is 0 Å². The van der Waals surface area contributed by atoms with Crippen molar-refractivity contribution in [3.63, 3.8) is 0 Å². The molecule has 24 heavy (non-hydrogen) atoms. The van der Waals surface area contributed by atoms with E-state index in [0.717, 1.165) is 11.3 Å². The Balaban J connectivity index is 1.70. The monoisotopic (exact) mass is 346 g/mol. The predicted octanol–water partition coefficient (Wildman–Crippen LogP) is 3.04. The van der Waals surface area contributed by atoms with E-state index in [1.54, 1.807) is 31.4 Å². The molecule has 2 aromatic rings. The number of amides is 2. The van der Waals surface area contributed by atoms with Gasteiger partial charge < -0.3 is 15.4 Å². The number of carbonyl (C=O) groups is 2. The van der Waals surface area contributed by atoms with Crippen molar-refractivity contribution < 1.29 is 14.3 Å². The number of halogens is 1. The number of rotatable bonds is 7. The number of carbonyl (C=O) groups excluding carboxylic acids is 2. The van der Waals surface area contributed by atoms with Crippen molar-refractivity contribution in [1.82, 2.24) is 5.32 Å². The molecule has 2 rings (SSSR count). The fourth-order valence-corrected chi connectivity index (χ4v) is 2.21. The van der Waals surface area contributed by atoms with Crippen LogP contribution in [0.3, 0.4) is 0 Å². The van der Waals surface area contributed by atoms with Crippen LogP contribution in [0.4, 0.5) is 5.69 Å². The van der Waals surface area contributed by atoms with Gasteiger partial charge in [-0.05, 0) is 48.4 Å². The number of hydrogen-bond acceptors (Lipinski definition) is 3. The highest BCUT2D eigenvalue weighted by molar-refractivity contribution is 6.30. The van der Waals surface area contributed by atoms with Crippen LogP contribution in [-0.2, 0) is 16.0 Å². The van der Waals surface area contributed by atoms with Crippen LogP contribution < -0.4 is 15.4 Å². The second-order valence-corrected chi connectivity index (χ2v) is 5.62. The molecular formula is C18H19ClN2O3. The Bertz CT molecular complexity index is 684. The minimum atomic E-state index is -0.362. The number of benzene rings is 2. The zero-order chi connectivity index (χ0) is 17.4. The zero-order valence-corrected chi connectivity index (χ0v) is 14.1. The Labute approximate surface area is 146 Å². The lowest BCUT2D eigenvalue weighted by molar-refractivity contribution is -0.126. The van der Waals surface area contributed by atoms with Crippen molar-refractivity contribution in [2.75, 3.05) is 19.0 Å². The largest absolute Gasteiger partial charge is 0.497 e. The highest BCUT2D eigenvalue weighted by Crippen LogP contribution is 2.13. The molecule has 0 aliphatic carbocycles. The summed E-state index contributed by atoms with van der Waals surface area (Å²) in [4.78, 5) is 23.6. The molecule has 0 aromatic heterocycles. The van der Waals surface area contributed by atoms with E-state index in [9.17, 15) is 9.59 Å². The smallest absolute Gasteiger partial charge is 0.233 e. The van der Waals surface area contributed by atoms with Crippen LogP contribution in [0.1, 0.15) is 12.0 Å². The molecule has 0 aliphatic rings. The molecule has 0 radical (unpaired) electrons. The molecule has 0 spiro atoms. The molecule has 0 aliphatic heterocycles. The van der Waals surface area contributed by atoms with Crippen molar-refractivity contribution in [3.8, 4) is 5.75 Å². The fraction of sp³-hybridized carbons (Fsp3) is 0.222. The molecule has 2 N–H and O–H groups in total. The van der Waals surface area contributed by atoms with E-state index in [-0.39, 0.29) is 18.2 Å². The Morgan fingerprint density at radius 2 is 1.67 bits per heavy atom. The summed E-state index contributed by atoms with van der Waals surface area (Å²) in [6.07, 6.45) is 0.472. The quantitative estimate of drug-likeness (QED) is 0.757. The molecule has 0 unspecified atom stereocenters. The Morgan fingerprint density at radius 3 is 2.29 bits per heavy atom. The first-order valence-electron chi connectivity index (χ1n) is 7.52. The van der Waals surface area contributed by atoms with E-state index in [1.807, 2.05) is 24.3 Å². The lowest BCUT2D eigenvalue weighted by Crippen LogP contribution is -2.29. The normalized spacial score (nSPS) is 10.1. The number of methoxy groups -OCH3 is 1. The first-order valence-corrected chi connectivity index (χ1v) is 7.89. The lowest BCUT2D eigenvalue weighted by atomic mass is 10.1. The SMILES string of the molecule is COc1ccc(CCNC(=O)CC(=O)Nc2ccc(Cl)cc2)cc1. The summed E-state index contributed by atoms with van der Waals surface area (Å²) in [5.74, 6) is 0.121. The van der Waals surface area contributed by atoms with Crippen LogP contribution in [0.25, 0.3) is 0 Å². The van der Waals surface area contributed by atoms with Crippen LogP contribution in [0.5, 0.6) is 5.75 Å². The maximum absolute atomic E-state index is 11.8. The minimum absolute atomic E-state index is 0.217. The highest BCUT2D eigenvalue weighted by Gasteiger charge is 2.09. The van der Waals surface area contributed by atoms with Crippen molar-refractivity contribution in [2.45, 2.75) is 12.8 Å². The second-order valence-electron chi connectivity index (χ2n) is 5.18. The summed E-state index contributed by atoms with van der Waals surface area (Å²) in [6, 6.07) is 14.3. The standard InChI is InChI=1S/C18H19ClN2O3/c1-24-16-8-2-13(3-9-16)10-11-20-17(22)12-18(23)21-15-6-4-14(19)5-7-15/h2-9H,10-12H2,1H3,(H,20,22)(H,21,23). The van der Waals surface area contributed by atoms with Gasteiger partial charge in [0.15, 0.2) is 0 Å². The fourth-order valence-electron chi connectivity index (χ4n) is 2.09. The van der Waals surface area contributed by atoms with Gasteiger partial charge in [0, 0.05) is 17.3 Å². The summed E-state index contributed by atoms with van der Waals surface area (Å²) in [5.41, 5.74) is 1.69. The van der Waals surface area contributed by atoms with Crippen LogP contribution in [0.2, 0.25) is 5.02 Å². The molecule has 0 fully saturated rings. The Hall–Kier alpha value is -2.53. The van der Waals surface area contributed by atoms with E-state index < -0.39 is 0 Å². The maximum Gasteiger partial charge on any atom is 0.233 e. The third-order valence-electron chi connectivity index (χ3n) is 3.34. The first-order chi connectivity index (χ1) is 11.6. The van der Waals surface area contributed by atoms with Gasteiger partial charge in [-0.1, -0.05) is 23.7 Å². The Morgan fingerprint density at radius 1 is 1.00 bits per heavy atom. The van der Waals surface area contributed by atoms with Crippen LogP contribution in [0.15, 0.2) is 48.5 Å². The molecule has 2 amide bonds. The topological polar surface area (TPSA) is 67.4 Å². The summed E-state index contributed by atoms with van der Waals surface area (Å²) in [7, 11) is 1.62. The summed E-state index contributed by atoms with van der Waals surface area (Å²) in [6.45, 7) is 0.472. The lowest BCUT2D eigenvalue weighted by Gasteiger charge is -2.07. The van der Waals surface area contributed by atoms with Gasteiger partial charge in [0.2, 0.25) is 11.8 Å². The van der Waals surface area contributed by atoms with Crippen LogP contribution >= 0.6 is 11.6 Å². The van der Waals surface area contributed by atoms with Gasteiger partial charge in [0.05, 0.1) is 7.11 Å². The van der Waals surface area contributed by atoms with Crippen LogP contribution in [0, 0.1) is 0 Å². The van der Waals surface area contributed by atoms with E-state index in [2.05, 4.69) is 10.6 Å². The van der Waals surface area contributed by atoms with Gasteiger partial charge in [-0.25, -0.2) is 0 Å². The van der Waals surface area contributed by atoms with Crippen molar-refractivity contribution in [1.29, 1.82) is 0 Å². The molecule has 0 atom stereocenters. The maximum atomic E-state index is 11.8. The molecule has 0 saturated carbocycles. The summed E-state index contributed by atoms with van der Waals surface area (Å²) >= 11 is 5.77. The van der Waals surface area contributed by atoms with Crippen LogP contribution in [-0.4, -0.2) is 25.5 Å². The van der Waals surface area contributed by atoms with Gasteiger partial charge >= 0.3 is 0 Å². The van der Waals surface area contributed by atoms with Gasteiger partial charge in [-0.3, -0.25) is 9.59 Å². The van der Waals surface area contributed by atoms with E-state index in [1.165, 1.54) is 0 Å². The molecule has 6 heteroatoms. The molecule has 5 nitrogen and oxygen atoms in total. The zero-order valence-electron chi connectivity index (χ0n) is 13.3. The van der Waals surface area contributed by atoms with Crippen molar-refractivity contribution in [2.24, 2.45) is 0 Å². The van der Waals surface area contributed by atoms with Gasteiger partial charge in [-0.2, -0.15) is 0 Å². The third kappa shape index (κ3) is 5.93. The number of anilines is 1. The third-order valence-corrected chi connectivity index (χ3v) is 3.60. The predicted molar refractivity (Wildman–Crippen MR) is 94.4 cm³/mol. The molecule has 0 saturated heterocycles. The summed E-state index contributed by atoms with van der Waals surface area (Å²) in [5, 5.41) is 5.97. The first kappa shape index (κ1) is 17.8. The van der Waals surface area contributed by atoms with Crippen molar-refractivity contribution in [3.05, 3.63) is 59.1 Å². The van der Waals surface area contributed by atoms with E-state index in [4.69, 9.17) is 16.3 Å². The molecular weight excluding hydrogens is 328 g/mol. The van der Waals surface area contributed by atoms with Gasteiger partial charge in [0.1, 0.15) is 12.2 Å². The average molecular weight is 347 g/mol. The summed E-state index contributed by atoms with van der Waals surface area (Å²) < 4.78 is 5.09. The minimum Gasteiger partial charge on any atom is -0.497 e. The average Bonchev–Trinajstić information content (AvgIpc) is 2.57. The van der Waals surface area contributed by atoms with E-state index in [0.29, 0.717) is 23.7 Å². The molecule has 0 bridgehead atoms.